The summed E-state index contributed by atoms with van der Waals surface area (Å²) in [5.74, 6) is 0.451. The second kappa shape index (κ2) is 4.84. The molecule has 0 saturated heterocycles. The van der Waals surface area contributed by atoms with E-state index in [1.807, 2.05) is 28.9 Å². The van der Waals surface area contributed by atoms with Crippen molar-refractivity contribution in [3.8, 4) is 0 Å². The molecule has 0 saturated carbocycles. The molecule has 0 aliphatic heterocycles. The summed E-state index contributed by atoms with van der Waals surface area (Å²) in [4.78, 5) is 0. The quantitative estimate of drug-likeness (QED) is 0.711. The van der Waals surface area contributed by atoms with Crippen molar-refractivity contribution in [2.24, 2.45) is 5.92 Å². The minimum absolute atomic E-state index is 0.216. The number of aromatic nitrogens is 3. The first-order valence-corrected chi connectivity index (χ1v) is 6.62. The lowest BCUT2D eigenvalue weighted by Crippen LogP contribution is -2.18. The van der Waals surface area contributed by atoms with Gasteiger partial charge < -0.3 is 0 Å². The summed E-state index contributed by atoms with van der Waals surface area (Å²) < 4.78 is 2.04. The maximum absolute atomic E-state index is 4.36. The summed E-state index contributed by atoms with van der Waals surface area (Å²) in [6, 6.07) is 18.8. The zero-order chi connectivity index (χ0) is 13.2. The Morgan fingerprint density at radius 3 is 2.32 bits per heavy atom. The summed E-state index contributed by atoms with van der Waals surface area (Å²) in [6.07, 6.45) is 0. The van der Waals surface area contributed by atoms with E-state index in [-0.39, 0.29) is 6.04 Å². The predicted octanol–water partition coefficient (Wildman–Crippen LogP) is 3.68. The molecule has 0 aliphatic carbocycles. The predicted molar refractivity (Wildman–Crippen MR) is 76.9 cm³/mol. The first kappa shape index (κ1) is 11.9. The standard InChI is InChI=1S/C16H17N3/c1-12(2)16(13-8-4-3-5-9-13)19-15-11-7-6-10-14(15)17-18-19/h3-12,16H,1-2H3. The highest BCUT2D eigenvalue weighted by Gasteiger charge is 2.20. The molecular formula is C16H17N3. The van der Waals surface area contributed by atoms with Crippen molar-refractivity contribution >= 4 is 11.0 Å². The van der Waals surface area contributed by atoms with E-state index in [0.717, 1.165) is 11.0 Å². The van der Waals surface area contributed by atoms with Crippen LogP contribution >= 0.6 is 0 Å². The van der Waals surface area contributed by atoms with Crippen LogP contribution < -0.4 is 0 Å². The molecule has 96 valence electrons. The summed E-state index contributed by atoms with van der Waals surface area (Å²) in [7, 11) is 0. The van der Waals surface area contributed by atoms with Crippen LogP contribution in [0.4, 0.5) is 0 Å². The van der Waals surface area contributed by atoms with Crippen molar-refractivity contribution < 1.29 is 0 Å². The van der Waals surface area contributed by atoms with Crippen LogP contribution in [0.25, 0.3) is 11.0 Å². The third-order valence-corrected chi connectivity index (χ3v) is 3.41. The second-order valence-electron chi connectivity index (χ2n) is 5.12. The first-order valence-electron chi connectivity index (χ1n) is 6.62. The lowest BCUT2D eigenvalue weighted by atomic mass is 9.96. The summed E-state index contributed by atoms with van der Waals surface area (Å²) >= 11 is 0. The van der Waals surface area contributed by atoms with Gasteiger partial charge in [-0.3, -0.25) is 0 Å². The van der Waals surface area contributed by atoms with Crippen LogP contribution in [-0.4, -0.2) is 15.0 Å². The van der Waals surface area contributed by atoms with E-state index in [4.69, 9.17) is 0 Å². The third-order valence-electron chi connectivity index (χ3n) is 3.41. The van der Waals surface area contributed by atoms with E-state index >= 15 is 0 Å². The van der Waals surface area contributed by atoms with Crippen molar-refractivity contribution in [1.29, 1.82) is 0 Å². The Balaban J connectivity index is 2.16. The van der Waals surface area contributed by atoms with Gasteiger partial charge in [-0.15, -0.1) is 5.10 Å². The van der Waals surface area contributed by atoms with Gasteiger partial charge in [-0.2, -0.15) is 0 Å². The minimum Gasteiger partial charge on any atom is -0.237 e. The maximum Gasteiger partial charge on any atom is 0.113 e. The highest BCUT2D eigenvalue weighted by atomic mass is 15.4. The molecule has 3 aromatic rings. The summed E-state index contributed by atoms with van der Waals surface area (Å²) in [5, 5.41) is 8.62. The SMILES string of the molecule is CC(C)C(c1ccccc1)n1nnc2ccccc21. The van der Waals surface area contributed by atoms with Crippen LogP contribution in [0, 0.1) is 5.92 Å². The maximum atomic E-state index is 4.36. The molecule has 1 unspecified atom stereocenters. The van der Waals surface area contributed by atoms with Gasteiger partial charge in [0.1, 0.15) is 5.52 Å². The van der Waals surface area contributed by atoms with Crippen LogP contribution in [0.15, 0.2) is 54.6 Å². The van der Waals surface area contributed by atoms with Crippen LogP contribution in [-0.2, 0) is 0 Å². The Morgan fingerprint density at radius 2 is 1.58 bits per heavy atom. The molecule has 0 N–H and O–H groups in total. The molecule has 1 atom stereocenters. The molecule has 1 heterocycles. The smallest absolute Gasteiger partial charge is 0.113 e. The molecule has 0 radical (unpaired) electrons. The molecule has 19 heavy (non-hydrogen) atoms. The van der Waals surface area contributed by atoms with Crippen LogP contribution in [0.2, 0.25) is 0 Å². The molecule has 0 fully saturated rings. The molecule has 0 spiro atoms. The van der Waals surface area contributed by atoms with Gasteiger partial charge in [-0.05, 0) is 23.6 Å². The lowest BCUT2D eigenvalue weighted by Gasteiger charge is -2.22. The number of rotatable bonds is 3. The molecule has 2 aromatic carbocycles. The van der Waals surface area contributed by atoms with Crippen molar-refractivity contribution in [1.82, 2.24) is 15.0 Å². The topological polar surface area (TPSA) is 30.7 Å². The fourth-order valence-corrected chi connectivity index (χ4v) is 2.55. The summed E-state index contributed by atoms with van der Waals surface area (Å²) in [6.45, 7) is 4.43. The van der Waals surface area contributed by atoms with E-state index in [0.29, 0.717) is 5.92 Å². The monoisotopic (exact) mass is 251 g/mol. The number of hydrogen-bond donors (Lipinski definition) is 0. The van der Waals surface area contributed by atoms with E-state index in [1.54, 1.807) is 0 Å². The van der Waals surface area contributed by atoms with Crippen LogP contribution in [0.5, 0.6) is 0 Å². The lowest BCUT2D eigenvalue weighted by molar-refractivity contribution is 0.404. The molecule has 0 aliphatic rings. The molecule has 3 heteroatoms. The van der Waals surface area contributed by atoms with E-state index in [2.05, 4.69) is 54.5 Å². The minimum atomic E-state index is 0.216. The van der Waals surface area contributed by atoms with Gasteiger partial charge in [0.25, 0.3) is 0 Å². The Hall–Kier alpha value is -2.16. The Morgan fingerprint density at radius 1 is 0.895 bits per heavy atom. The van der Waals surface area contributed by atoms with Crippen molar-refractivity contribution in [2.75, 3.05) is 0 Å². The molecule has 3 rings (SSSR count). The average Bonchev–Trinajstić information content (AvgIpc) is 2.84. The number of hydrogen-bond acceptors (Lipinski definition) is 2. The van der Waals surface area contributed by atoms with Gasteiger partial charge in [0.15, 0.2) is 0 Å². The Bertz CT molecular complexity index is 671. The molecule has 3 nitrogen and oxygen atoms in total. The fraction of sp³-hybridized carbons (Fsp3) is 0.250. The van der Waals surface area contributed by atoms with E-state index in [1.165, 1.54) is 5.56 Å². The number of nitrogens with zero attached hydrogens (tertiary/aromatic N) is 3. The zero-order valence-electron chi connectivity index (χ0n) is 11.2. The highest BCUT2D eigenvalue weighted by Crippen LogP contribution is 2.28. The normalized spacial score (nSPS) is 13.0. The zero-order valence-corrected chi connectivity index (χ0v) is 11.2. The first-order chi connectivity index (χ1) is 9.27. The van der Waals surface area contributed by atoms with Gasteiger partial charge in [-0.1, -0.05) is 61.5 Å². The van der Waals surface area contributed by atoms with Gasteiger partial charge in [0, 0.05) is 0 Å². The third kappa shape index (κ3) is 2.12. The number of fused-ring (bicyclic) bond motifs is 1. The number of para-hydroxylation sites is 1. The Labute approximate surface area is 112 Å². The van der Waals surface area contributed by atoms with Gasteiger partial charge in [-0.25, -0.2) is 4.68 Å². The fourth-order valence-electron chi connectivity index (χ4n) is 2.55. The largest absolute Gasteiger partial charge is 0.237 e. The van der Waals surface area contributed by atoms with Crippen molar-refractivity contribution in [3.63, 3.8) is 0 Å². The second-order valence-corrected chi connectivity index (χ2v) is 5.12. The average molecular weight is 251 g/mol. The van der Waals surface area contributed by atoms with Crippen LogP contribution in [0.3, 0.4) is 0 Å². The molecule has 1 aromatic heterocycles. The van der Waals surface area contributed by atoms with Crippen molar-refractivity contribution in [3.05, 3.63) is 60.2 Å². The van der Waals surface area contributed by atoms with Crippen LogP contribution in [0.1, 0.15) is 25.5 Å². The molecular weight excluding hydrogens is 234 g/mol. The summed E-state index contributed by atoms with van der Waals surface area (Å²) in [5.41, 5.74) is 3.31. The number of benzene rings is 2. The van der Waals surface area contributed by atoms with E-state index < -0.39 is 0 Å². The van der Waals surface area contributed by atoms with Gasteiger partial charge in [0.2, 0.25) is 0 Å². The highest BCUT2D eigenvalue weighted by molar-refractivity contribution is 5.74. The van der Waals surface area contributed by atoms with Crippen molar-refractivity contribution in [2.45, 2.75) is 19.9 Å². The van der Waals surface area contributed by atoms with Gasteiger partial charge >= 0.3 is 0 Å². The molecule has 0 amide bonds. The Kier molecular flexibility index (Phi) is 3.03. The van der Waals surface area contributed by atoms with Gasteiger partial charge in [0.05, 0.1) is 11.6 Å². The molecule has 0 bridgehead atoms. The van der Waals surface area contributed by atoms with E-state index in [9.17, 15) is 0 Å².